The van der Waals surface area contributed by atoms with Gasteiger partial charge in [-0.3, -0.25) is 4.99 Å². The molecule has 1 heterocycles. The number of guanidine groups is 1. The number of hydrogen-bond acceptors (Lipinski definition) is 5. The number of hydrogen-bond donors (Lipinski definition) is 1. The molecule has 2 aromatic rings. The molecule has 0 fully saturated rings. The minimum absolute atomic E-state index is 0.502. The van der Waals surface area contributed by atoms with Crippen molar-refractivity contribution < 1.29 is 18.6 Å². The van der Waals surface area contributed by atoms with Crippen LogP contribution in [0.3, 0.4) is 0 Å². The first-order valence-electron chi connectivity index (χ1n) is 9.98. The van der Waals surface area contributed by atoms with Crippen LogP contribution in [0.15, 0.2) is 46.0 Å². The topological polar surface area (TPSA) is 68.5 Å². The van der Waals surface area contributed by atoms with Crippen molar-refractivity contribution in [1.29, 1.82) is 0 Å². The second-order valence-electron chi connectivity index (χ2n) is 6.58. The molecule has 160 valence electrons. The molecule has 0 atom stereocenters. The van der Waals surface area contributed by atoms with Crippen molar-refractivity contribution in [2.24, 2.45) is 4.99 Å². The van der Waals surface area contributed by atoms with Crippen LogP contribution in [0, 0.1) is 0 Å². The summed E-state index contributed by atoms with van der Waals surface area (Å²) in [6.07, 6.45) is 3.40. The molecule has 0 spiro atoms. The Morgan fingerprint density at radius 1 is 1.17 bits per heavy atom. The number of aliphatic imine (C=N–C) groups is 1. The van der Waals surface area contributed by atoms with E-state index in [0.717, 1.165) is 49.1 Å². The summed E-state index contributed by atoms with van der Waals surface area (Å²) in [6.45, 7) is 5.61. The van der Waals surface area contributed by atoms with Crippen molar-refractivity contribution in [1.82, 2.24) is 10.2 Å². The van der Waals surface area contributed by atoms with Gasteiger partial charge in [0.25, 0.3) is 0 Å². The summed E-state index contributed by atoms with van der Waals surface area (Å²) in [5.41, 5.74) is 1.19. The molecular formula is C22H33N3O4. The van der Waals surface area contributed by atoms with Crippen molar-refractivity contribution in [2.45, 2.75) is 26.4 Å². The summed E-state index contributed by atoms with van der Waals surface area (Å²) in [6, 6.07) is 9.80. The van der Waals surface area contributed by atoms with Crippen molar-refractivity contribution in [3.8, 4) is 11.5 Å². The summed E-state index contributed by atoms with van der Waals surface area (Å²) in [5, 5.41) is 3.35. The molecule has 0 saturated heterocycles. The lowest BCUT2D eigenvalue weighted by molar-refractivity contribution is 0.105. The van der Waals surface area contributed by atoms with Gasteiger partial charge < -0.3 is 28.8 Å². The van der Waals surface area contributed by atoms with E-state index in [1.165, 1.54) is 5.56 Å². The minimum atomic E-state index is 0.502. The first kappa shape index (κ1) is 22.6. The minimum Gasteiger partial charge on any atom is -0.493 e. The van der Waals surface area contributed by atoms with Gasteiger partial charge in [0.1, 0.15) is 12.4 Å². The molecule has 0 aliphatic carbocycles. The lowest BCUT2D eigenvalue weighted by Gasteiger charge is -2.22. The van der Waals surface area contributed by atoms with Crippen molar-refractivity contribution in [3.63, 3.8) is 0 Å². The summed E-state index contributed by atoms with van der Waals surface area (Å²) in [5.74, 6) is 3.24. The van der Waals surface area contributed by atoms with Gasteiger partial charge in [-0.25, -0.2) is 0 Å². The number of methoxy groups -OCH3 is 2. The largest absolute Gasteiger partial charge is 0.493 e. The van der Waals surface area contributed by atoms with Crippen molar-refractivity contribution in [2.75, 3.05) is 47.5 Å². The van der Waals surface area contributed by atoms with Gasteiger partial charge in [-0.15, -0.1) is 0 Å². The third kappa shape index (κ3) is 7.69. The second kappa shape index (κ2) is 12.7. The number of rotatable bonds is 12. The zero-order valence-corrected chi connectivity index (χ0v) is 17.9. The molecule has 0 radical (unpaired) electrons. The molecular weight excluding hydrogens is 370 g/mol. The average Bonchev–Trinajstić information content (AvgIpc) is 3.26. The highest BCUT2D eigenvalue weighted by Crippen LogP contribution is 2.27. The van der Waals surface area contributed by atoms with E-state index in [-0.39, 0.29) is 0 Å². The van der Waals surface area contributed by atoms with Crippen molar-refractivity contribution in [3.05, 3.63) is 47.9 Å². The lowest BCUT2D eigenvalue weighted by Crippen LogP contribution is -2.40. The molecule has 1 N–H and O–H groups in total. The molecule has 29 heavy (non-hydrogen) atoms. The van der Waals surface area contributed by atoms with Gasteiger partial charge in [-0.05, 0) is 49.6 Å². The Morgan fingerprint density at radius 3 is 2.69 bits per heavy atom. The Hall–Kier alpha value is -2.67. The van der Waals surface area contributed by atoms with E-state index in [1.807, 2.05) is 24.3 Å². The zero-order valence-electron chi connectivity index (χ0n) is 17.9. The first-order chi connectivity index (χ1) is 14.2. The normalized spacial score (nSPS) is 11.4. The van der Waals surface area contributed by atoms with Gasteiger partial charge in [-0.1, -0.05) is 6.07 Å². The average molecular weight is 404 g/mol. The van der Waals surface area contributed by atoms with E-state index >= 15 is 0 Å². The zero-order chi connectivity index (χ0) is 20.9. The number of nitrogens with zero attached hydrogens (tertiary/aromatic N) is 2. The van der Waals surface area contributed by atoms with E-state index in [2.05, 4.69) is 30.3 Å². The maximum Gasteiger partial charge on any atom is 0.193 e. The Kier molecular flexibility index (Phi) is 9.92. The Bertz CT molecular complexity index is 732. The molecule has 1 aromatic carbocycles. The van der Waals surface area contributed by atoms with Gasteiger partial charge >= 0.3 is 0 Å². The number of likely N-dealkylation sites (N-methyl/N-ethyl adjacent to an activating group) is 1. The molecule has 7 heteroatoms. The van der Waals surface area contributed by atoms with Gasteiger partial charge in [0.15, 0.2) is 17.5 Å². The predicted octanol–water partition coefficient (Wildman–Crippen LogP) is 3.34. The number of benzene rings is 1. The SMILES string of the molecule is CCNC(=NCCCOCc1ccco1)N(C)CCc1ccc(OC)c(OC)c1. The molecule has 0 aliphatic rings. The Morgan fingerprint density at radius 2 is 2.00 bits per heavy atom. The fraction of sp³-hybridized carbons (Fsp3) is 0.500. The van der Waals surface area contributed by atoms with E-state index in [1.54, 1.807) is 20.5 Å². The molecule has 0 unspecified atom stereocenters. The molecule has 1 aromatic heterocycles. The molecule has 0 saturated carbocycles. The lowest BCUT2D eigenvalue weighted by atomic mass is 10.1. The van der Waals surface area contributed by atoms with E-state index < -0.39 is 0 Å². The third-order valence-electron chi connectivity index (χ3n) is 4.41. The first-order valence-corrected chi connectivity index (χ1v) is 9.98. The molecule has 0 aliphatic heterocycles. The summed E-state index contributed by atoms with van der Waals surface area (Å²) in [4.78, 5) is 6.85. The van der Waals surface area contributed by atoms with Gasteiger partial charge in [-0.2, -0.15) is 0 Å². The van der Waals surface area contributed by atoms with Crippen LogP contribution in [0.1, 0.15) is 24.7 Å². The maximum atomic E-state index is 5.61. The maximum absolute atomic E-state index is 5.61. The molecule has 7 nitrogen and oxygen atoms in total. The molecule has 0 amide bonds. The van der Waals surface area contributed by atoms with Crippen LogP contribution >= 0.6 is 0 Å². The smallest absolute Gasteiger partial charge is 0.193 e. The quantitative estimate of drug-likeness (QED) is 0.333. The van der Waals surface area contributed by atoms with Crippen LogP contribution in [0.25, 0.3) is 0 Å². The molecule has 0 bridgehead atoms. The Labute approximate surface area is 173 Å². The number of ether oxygens (including phenoxy) is 3. The monoisotopic (exact) mass is 403 g/mol. The second-order valence-corrected chi connectivity index (χ2v) is 6.58. The predicted molar refractivity (Wildman–Crippen MR) is 115 cm³/mol. The molecule has 2 rings (SSSR count). The van der Waals surface area contributed by atoms with Crippen LogP contribution in [-0.2, 0) is 17.8 Å². The van der Waals surface area contributed by atoms with Crippen LogP contribution in [0.2, 0.25) is 0 Å². The van der Waals surface area contributed by atoms with Gasteiger partial charge in [0, 0.05) is 33.3 Å². The third-order valence-corrected chi connectivity index (χ3v) is 4.41. The standard InChI is InChI=1S/C22H33N3O4/c1-5-23-22(24-12-7-14-28-17-19-8-6-15-29-19)25(2)13-11-18-9-10-20(26-3)21(16-18)27-4/h6,8-10,15-16H,5,7,11-14,17H2,1-4H3,(H,23,24). The summed E-state index contributed by atoms with van der Waals surface area (Å²) < 4.78 is 21.5. The highest BCUT2D eigenvalue weighted by molar-refractivity contribution is 5.79. The van der Waals surface area contributed by atoms with E-state index in [4.69, 9.17) is 23.6 Å². The highest BCUT2D eigenvalue weighted by Gasteiger charge is 2.08. The van der Waals surface area contributed by atoms with Crippen LogP contribution in [-0.4, -0.2) is 58.4 Å². The summed E-state index contributed by atoms with van der Waals surface area (Å²) in [7, 11) is 5.35. The van der Waals surface area contributed by atoms with E-state index in [9.17, 15) is 0 Å². The van der Waals surface area contributed by atoms with Crippen LogP contribution in [0.5, 0.6) is 11.5 Å². The van der Waals surface area contributed by atoms with Crippen LogP contribution < -0.4 is 14.8 Å². The van der Waals surface area contributed by atoms with Gasteiger partial charge in [0.2, 0.25) is 0 Å². The van der Waals surface area contributed by atoms with Crippen LogP contribution in [0.4, 0.5) is 0 Å². The van der Waals surface area contributed by atoms with Crippen molar-refractivity contribution >= 4 is 5.96 Å². The van der Waals surface area contributed by atoms with E-state index in [0.29, 0.717) is 19.8 Å². The number of furan rings is 1. The fourth-order valence-electron chi connectivity index (χ4n) is 2.83. The number of nitrogens with one attached hydrogen (secondary N) is 1. The Balaban J connectivity index is 1.78. The summed E-state index contributed by atoms with van der Waals surface area (Å²) >= 11 is 0. The fourth-order valence-corrected chi connectivity index (χ4v) is 2.83. The van der Waals surface area contributed by atoms with Gasteiger partial charge in [0.05, 0.1) is 20.5 Å². The highest BCUT2D eigenvalue weighted by atomic mass is 16.5.